The van der Waals surface area contributed by atoms with Crippen LogP contribution < -0.4 is 9.47 Å². The van der Waals surface area contributed by atoms with E-state index in [-0.39, 0.29) is 23.1 Å². The quantitative estimate of drug-likeness (QED) is 0.320. The van der Waals surface area contributed by atoms with Gasteiger partial charge in [0.1, 0.15) is 11.5 Å². The molecule has 198 valence electrons. The number of nitro groups is 1. The molecule has 0 fully saturated rings. The van der Waals surface area contributed by atoms with E-state index in [1.807, 2.05) is 0 Å². The Bertz CT molecular complexity index is 1380. The third kappa shape index (κ3) is 4.52. The molecule has 0 amide bonds. The number of nitrogens with zero attached hydrogens (tertiary/aromatic N) is 1. The molecule has 0 spiro atoms. The Morgan fingerprint density at radius 3 is 2.05 bits per heavy atom. The molecule has 0 bridgehead atoms. The number of methoxy groups -OCH3 is 1. The van der Waals surface area contributed by atoms with E-state index in [4.69, 9.17) is 14.2 Å². The van der Waals surface area contributed by atoms with Crippen molar-refractivity contribution in [3.8, 4) is 17.2 Å². The van der Waals surface area contributed by atoms with Crippen molar-refractivity contribution >= 4 is 17.3 Å². The molecule has 3 aliphatic rings. The largest absolute Gasteiger partial charge is 0.493 e. The lowest BCUT2D eigenvalue weighted by molar-refractivity contribution is -0.385. The number of alkyl halides is 3. The van der Waals surface area contributed by atoms with Gasteiger partial charge in [0.25, 0.3) is 0 Å². The Hall–Kier alpha value is -4.15. The topological polar surface area (TPSA) is 105 Å². The van der Waals surface area contributed by atoms with Gasteiger partial charge in [-0.05, 0) is 42.7 Å². The van der Waals surface area contributed by atoms with Crippen molar-refractivity contribution in [3.63, 3.8) is 0 Å². The van der Waals surface area contributed by atoms with E-state index in [9.17, 15) is 32.9 Å². The van der Waals surface area contributed by atoms with Gasteiger partial charge in [0.05, 0.1) is 17.6 Å². The normalized spacial score (nSPS) is 18.1. The van der Waals surface area contributed by atoms with Gasteiger partial charge in [-0.15, -0.1) is 0 Å². The second-order valence-electron chi connectivity index (χ2n) is 9.21. The highest BCUT2D eigenvalue weighted by Crippen LogP contribution is 2.49. The van der Waals surface area contributed by atoms with Crippen LogP contribution in [-0.4, -0.2) is 23.6 Å². The lowest BCUT2D eigenvalue weighted by Crippen LogP contribution is -2.30. The van der Waals surface area contributed by atoms with Gasteiger partial charge in [0.2, 0.25) is 5.75 Å². The van der Waals surface area contributed by atoms with Crippen molar-refractivity contribution in [1.29, 1.82) is 0 Å². The summed E-state index contributed by atoms with van der Waals surface area (Å²) in [6.07, 6.45) is -1.61. The van der Waals surface area contributed by atoms with Gasteiger partial charge in [-0.2, -0.15) is 13.2 Å². The van der Waals surface area contributed by atoms with Gasteiger partial charge < -0.3 is 14.2 Å². The molecule has 8 nitrogen and oxygen atoms in total. The smallest absolute Gasteiger partial charge is 0.416 e. The van der Waals surface area contributed by atoms with Crippen LogP contribution in [0.15, 0.2) is 59.1 Å². The minimum atomic E-state index is -4.76. The number of hydrogen-bond donors (Lipinski definition) is 0. The third-order valence-electron chi connectivity index (χ3n) is 6.86. The molecule has 38 heavy (non-hydrogen) atoms. The fraction of sp³-hybridized carbons (Fsp3) is 0.333. The van der Waals surface area contributed by atoms with Gasteiger partial charge in [0.15, 0.2) is 23.1 Å². The summed E-state index contributed by atoms with van der Waals surface area (Å²) in [5.41, 5.74) is -0.579. The minimum Gasteiger partial charge on any atom is -0.493 e. The molecule has 2 aromatic rings. The average Bonchev–Trinajstić information content (AvgIpc) is 2.87. The van der Waals surface area contributed by atoms with E-state index < -0.39 is 34.0 Å². The van der Waals surface area contributed by atoms with E-state index >= 15 is 0 Å². The predicted molar refractivity (Wildman–Crippen MR) is 127 cm³/mol. The molecule has 0 radical (unpaired) electrons. The first-order valence-electron chi connectivity index (χ1n) is 12.0. The summed E-state index contributed by atoms with van der Waals surface area (Å²) in [5, 5.41) is 11.5. The van der Waals surface area contributed by atoms with Crippen LogP contribution >= 0.6 is 0 Å². The summed E-state index contributed by atoms with van der Waals surface area (Å²) in [7, 11) is 1.34. The maximum Gasteiger partial charge on any atom is 0.416 e. The van der Waals surface area contributed by atoms with Crippen LogP contribution in [0.4, 0.5) is 18.9 Å². The van der Waals surface area contributed by atoms with Gasteiger partial charge >= 0.3 is 11.9 Å². The molecular formula is C27H22F3NO7. The van der Waals surface area contributed by atoms with Gasteiger partial charge in [-0.3, -0.25) is 19.7 Å². The summed E-state index contributed by atoms with van der Waals surface area (Å²) in [5.74, 6) is 0.0247. The summed E-state index contributed by atoms with van der Waals surface area (Å²) >= 11 is 0. The van der Waals surface area contributed by atoms with Crippen molar-refractivity contribution < 1.29 is 41.9 Å². The molecule has 2 aromatic carbocycles. The number of allylic oxidation sites excluding steroid dienone is 4. The number of hydrogen-bond acceptors (Lipinski definition) is 7. The number of carbonyl (C=O) groups is 2. The SMILES string of the molecule is COc1cc(C2C3=C(CCCC3=O)OC3=C2C(=O)CCC3)ccc1Oc1ccc(C(F)(F)F)cc1[N+](=O)[O-]. The number of carbonyl (C=O) groups excluding carboxylic acids is 2. The van der Waals surface area contributed by atoms with Gasteiger partial charge in [-0.25, -0.2) is 0 Å². The number of benzene rings is 2. The fourth-order valence-corrected chi connectivity index (χ4v) is 5.14. The number of nitro benzene ring substituents is 1. The highest BCUT2D eigenvalue weighted by atomic mass is 19.4. The molecule has 2 aliphatic carbocycles. The van der Waals surface area contributed by atoms with Crippen molar-refractivity contribution in [1.82, 2.24) is 0 Å². The van der Waals surface area contributed by atoms with Gasteiger partial charge in [0, 0.05) is 48.8 Å². The highest BCUT2D eigenvalue weighted by molar-refractivity contribution is 6.05. The Morgan fingerprint density at radius 1 is 0.895 bits per heavy atom. The maximum atomic E-state index is 13.1. The summed E-state index contributed by atoms with van der Waals surface area (Å²) in [4.78, 5) is 36.5. The summed E-state index contributed by atoms with van der Waals surface area (Å²) < 4.78 is 56.3. The minimum absolute atomic E-state index is 0.0134. The standard InChI is InChI=1S/C27H22F3NO7/c1-36-23-12-14(8-10-20(23)37-19-11-9-15(27(28,29)30)13-16(19)31(34)35)24-25-17(32)4-2-6-21(25)38-22-7-3-5-18(33)26(22)24/h8-13,24H,2-7H2,1H3. The molecule has 5 rings (SSSR count). The van der Waals surface area contributed by atoms with E-state index in [0.29, 0.717) is 78.9 Å². The Balaban J connectivity index is 1.56. The third-order valence-corrected chi connectivity index (χ3v) is 6.86. The first-order chi connectivity index (χ1) is 18.1. The van der Waals surface area contributed by atoms with E-state index in [1.54, 1.807) is 12.1 Å². The van der Waals surface area contributed by atoms with Crippen LogP contribution in [0.1, 0.15) is 55.6 Å². The fourth-order valence-electron chi connectivity index (χ4n) is 5.14. The molecule has 0 unspecified atom stereocenters. The molecule has 0 N–H and O–H groups in total. The van der Waals surface area contributed by atoms with E-state index in [0.717, 1.165) is 6.07 Å². The van der Waals surface area contributed by atoms with Crippen LogP contribution in [0.5, 0.6) is 17.2 Å². The number of rotatable bonds is 5. The lowest BCUT2D eigenvalue weighted by Gasteiger charge is -2.36. The first-order valence-corrected chi connectivity index (χ1v) is 12.0. The molecular weight excluding hydrogens is 507 g/mol. The zero-order valence-corrected chi connectivity index (χ0v) is 20.2. The van der Waals surface area contributed by atoms with Crippen LogP contribution in [-0.2, 0) is 20.5 Å². The van der Waals surface area contributed by atoms with Crippen LogP contribution in [0.2, 0.25) is 0 Å². The molecule has 1 aliphatic heterocycles. The Morgan fingerprint density at radius 2 is 1.50 bits per heavy atom. The molecule has 11 heteroatoms. The first kappa shape index (κ1) is 25.5. The van der Waals surface area contributed by atoms with E-state index in [1.165, 1.54) is 13.2 Å². The van der Waals surface area contributed by atoms with Crippen LogP contribution in [0.3, 0.4) is 0 Å². The van der Waals surface area contributed by atoms with Crippen molar-refractivity contribution in [2.24, 2.45) is 0 Å². The monoisotopic (exact) mass is 529 g/mol. The summed E-state index contributed by atoms with van der Waals surface area (Å²) in [6.45, 7) is 0. The second kappa shape index (κ2) is 9.62. The lowest BCUT2D eigenvalue weighted by atomic mass is 9.73. The molecule has 1 heterocycles. The molecule has 0 saturated heterocycles. The zero-order valence-electron chi connectivity index (χ0n) is 20.2. The second-order valence-corrected chi connectivity index (χ2v) is 9.21. The molecule has 0 aromatic heterocycles. The molecule has 0 saturated carbocycles. The predicted octanol–water partition coefficient (Wildman–Crippen LogP) is 6.54. The number of Topliss-reactive ketones (excluding diaryl/α,β-unsaturated/α-hetero) is 2. The average molecular weight is 529 g/mol. The van der Waals surface area contributed by atoms with Crippen molar-refractivity contribution in [2.45, 2.75) is 50.6 Å². The van der Waals surface area contributed by atoms with Crippen LogP contribution in [0.25, 0.3) is 0 Å². The highest BCUT2D eigenvalue weighted by Gasteiger charge is 2.42. The molecule has 0 atom stereocenters. The van der Waals surface area contributed by atoms with E-state index in [2.05, 4.69) is 0 Å². The number of ketones is 2. The Kier molecular flexibility index (Phi) is 6.46. The van der Waals surface area contributed by atoms with Crippen molar-refractivity contribution in [3.05, 3.63) is 80.3 Å². The summed E-state index contributed by atoms with van der Waals surface area (Å²) in [6, 6.07) is 6.61. The van der Waals surface area contributed by atoms with Crippen molar-refractivity contribution in [2.75, 3.05) is 7.11 Å². The Labute approximate surface area is 214 Å². The number of ether oxygens (including phenoxy) is 3. The number of halogens is 3. The van der Waals surface area contributed by atoms with Crippen LogP contribution in [0, 0.1) is 10.1 Å². The van der Waals surface area contributed by atoms with Gasteiger partial charge in [-0.1, -0.05) is 6.07 Å². The maximum absolute atomic E-state index is 13.1. The zero-order chi connectivity index (χ0) is 27.2.